The van der Waals surface area contributed by atoms with Crippen molar-refractivity contribution in [2.45, 2.75) is 43.7 Å². The van der Waals surface area contributed by atoms with Crippen molar-refractivity contribution in [1.82, 2.24) is 0 Å². The molecule has 1 fully saturated rings. The maximum atomic E-state index is 12.6. The van der Waals surface area contributed by atoms with Crippen molar-refractivity contribution in [3.63, 3.8) is 0 Å². The molecule has 0 bridgehead atoms. The van der Waals surface area contributed by atoms with Crippen LogP contribution in [-0.4, -0.2) is 80.0 Å². The Kier molecular flexibility index (Phi) is 7.26. The summed E-state index contributed by atoms with van der Waals surface area (Å²) in [4.78, 5) is 25.1. The molecule has 12 nitrogen and oxygen atoms in total. The van der Waals surface area contributed by atoms with Crippen LogP contribution in [0.3, 0.4) is 0 Å². The Morgan fingerprint density at radius 2 is 1.72 bits per heavy atom. The van der Waals surface area contributed by atoms with Crippen LogP contribution in [0, 0.1) is 0 Å². The number of rotatable bonds is 6. The average Bonchev–Trinajstić information content (AvgIpc) is 2.84. The number of carbonyl (C=O) groups is 1. The molecule has 6 N–H and O–H groups in total. The Bertz CT molecular complexity index is 1300. The van der Waals surface area contributed by atoms with E-state index in [1.165, 1.54) is 43.3 Å². The van der Waals surface area contributed by atoms with Gasteiger partial charge >= 0.3 is 5.97 Å². The fourth-order valence-electron chi connectivity index (χ4n) is 3.71. The van der Waals surface area contributed by atoms with E-state index in [0.29, 0.717) is 5.56 Å². The van der Waals surface area contributed by atoms with E-state index in [1.54, 1.807) is 0 Å². The molecule has 6 atom stereocenters. The second kappa shape index (κ2) is 10.2. The van der Waals surface area contributed by atoms with Crippen molar-refractivity contribution in [2.24, 2.45) is 0 Å². The molecule has 3 unspecified atom stereocenters. The van der Waals surface area contributed by atoms with E-state index in [2.05, 4.69) is 0 Å². The molecule has 0 aliphatic carbocycles. The van der Waals surface area contributed by atoms with E-state index >= 15 is 0 Å². The minimum Gasteiger partial charge on any atom is -0.508 e. The zero-order valence-corrected chi connectivity index (χ0v) is 18.8. The predicted molar refractivity (Wildman–Crippen MR) is 121 cm³/mol. The largest absolute Gasteiger partial charge is 0.508 e. The average molecular weight is 504 g/mol. The molecule has 1 aliphatic rings. The zero-order valence-electron chi connectivity index (χ0n) is 18.8. The number of phenolic OH excluding ortho intramolecular Hbond substituents is 2. The maximum Gasteiger partial charge on any atom is 0.340 e. The van der Waals surface area contributed by atoms with Crippen LogP contribution in [0.4, 0.5) is 0 Å². The number of aromatic hydroxyl groups is 2. The smallest absolute Gasteiger partial charge is 0.340 e. The lowest BCUT2D eigenvalue weighted by Crippen LogP contribution is -2.60. The number of phenols is 2. The summed E-state index contributed by atoms with van der Waals surface area (Å²) in [6, 6.07) is 9.31. The summed E-state index contributed by atoms with van der Waals surface area (Å²) in [5.74, 6) is -1.49. The van der Waals surface area contributed by atoms with Crippen LogP contribution in [0.25, 0.3) is 22.3 Å². The number of benzene rings is 2. The summed E-state index contributed by atoms with van der Waals surface area (Å²) in [7, 11) is 0. The lowest BCUT2D eigenvalue weighted by Gasteiger charge is -2.40. The highest BCUT2D eigenvalue weighted by molar-refractivity contribution is 5.87. The monoisotopic (exact) mass is 504 g/mol. The summed E-state index contributed by atoms with van der Waals surface area (Å²) in [6.07, 6.45) is -9.13. The molecule has 0 amide bonds. The molecule has 2 heterocycles. The van der Waals surface area contributed by atoms with Gasteiger partial charge in [-0.05, 0) is 31.2 Å². The molecule has 36 heavy (non-hydrogen) atoms. The van der Waals surface area contributed by atoms with Crippen LogP contribution in [0.1, 0.15) is 6.92 Å². The Hall–Kier alpha value is -3.52. The van der Waals surface area contributed by atoms with Gasteiger partial charge < -0.3 is 49.3 Å². The van der Waals surface area contributed by atoms with Crippen LogP contribution in [-0.2, 0) is 14.3 Å². The molecule has 0 saturated carbocycles. The first-order chi connectivity index (χ1) is 17.1. The van der Waals surface area contributed by atoms with E-state index < -0.39 is 60.6 Å². The van der Waals surface area contributed by atoms with E-state index in [9.17, 15) is 40.2 Å². The van der Waals surface area contributed by atoms with Crippen LogP contribution in [0.5, 0.6) is 17.2 Å². The molecule has 0 radical (unpaired) electrons. The van der Waals surface area contributed by atoms with Gasteiger partial charge in [0.2, 0.25) is 0 Å². The number of hydrogen-bond acceptors (Lipinski definition) is 12. The number of hydrogen-bond donors (Lipinski definition) is 6. The van der Waals surface area contributed by atoms with Gasteiger partial charge in [0, 0.05) is 23.8 Å². The Morgan fingerprint density at radius 1 is 1.03 bits per heavy atom. The molecule has 4 rings (SSSR count). The van der Waals surface area contributed by atoms with Crippen LogP contribution in [0.2, 0.25) is 0 Å². The van der Waals surface area contributed by atoms with Gasteiger partial charge in [0.25, 0.3) is 0 Å². The Labute approximate surface area is 203 Å². The third kappa shape index (κ3) is 5.04. The van der Waals surface area contributed by atoms with E-state index in [-0.39, 0.29) is 28.2 Å². The third-order valence-electron chi connectivity index (χ3n) is 5.67. The van der Waals surface area contributed by atoms with Crippen molar-refractivity contribution in [3.8, 4) is 28.6 Å². The SMILES string of the molecule is CC(O[C@@H]1OC(CO)[C@@H](O)[C@H](O)C1O)C(=O)Oc1cc(O)c2c(=O)cc(-c3ccc(O)cc3)oc2c1. The number of aliphatic hydroxyl groups is 4. The van der Waals surface area contributed by atoms with Gasteiger partial charge in [0.15, 0.2) is 17.8 Å². The van der Waals surface area contributed by atoms with Gasteiger partial charge in [-0.3, -0.25) is 4.79 Å². The van der Waals surface area contributed by atoms with E-state index in [0.717, 1.165) is 6.07 Å². The molecule has 12 heteroatoms. The number of fused-ring (bicyclic) bond motifs is 1. The summed E-state index contributed by atoms with van der Waals surface area (Å²) < 4.78 is 21.5. The van der Waals surface area contributed by atoms with Crippen molar-refractivity contribution >= 4 is 16.9 Å². The van der Waals surface area contributed by atoms with Crippen LogP contribution < -0.4 is 10.2 Å². The first-order valence-electron chi connectivity index (χ1n) is 10.9. The van der Waals surface area contributed by atoms with Crippen molar-refractivity contribution in [3.05, 3.63) is 52.7 Å². The number of ether oxygens (including phenoxy) is 3. The van der Waals surface area contributed by atoms with Gasteiger partial charge in [-0.2, -0.15) is 0 Å². The zero-order chi connectivity index (χ0) is 26.1. The summed E-state index contributed by atoms with van der Waals surface area (Å²) in [5, 5.41) is 58.7. The Morgan fingerprint density at radius 3 is 2.39 bits per heavy atom. The Balaban J connectivity index is 1.54. The number of aliphatic hydroxyl groups excluding tert-OH is 4. The highest BCUT2D eigenvalue weighted by atomic mass is 16.7. The predicted octanol–water partition coefficient (Wildman–Crippen LogP) is -0.0184. The molecule has 192 valence electrons. The standard InChI is InChI=1S/C24H24O12/c1-10(33-24-22(31)21(30)20(29)18(9-25)36-24)23(32)34-13-6-14(27)19-15(28)8-16(35-17(19)7-13)11-2-4-12(26)5-3-11/h2-8,10,18,20-22,24-27,29-31H,9H2,1H3/t10?,18?,20-,21+,22?,24-/m1/s1. The second-order valence-electron chi connectivity index (χ2n) is 8.23. The van der Waals surface area contributed by atoms with Gasteiger partial charge in [-0.15, -0.1) is 0 Å². The normalized spacial score (nSPS) is 25.0. The van der Waals surface area contributed by atoms with Crippen molar-refractivity contribution < 1.29 is 54.1 Å². The fraction of sp³-hybridized carbons (Fsp3) is 0.333. The van der Waals surface area contributed by atoms with Crippen molar-refractivity contribution in [1.29, 1.82) is 0 Å². The molecule has 1 saturated heterocycles. The molecular formula is C24H24O12. The minimum atomic E-state index is -1.71. The first-order valence-corrected chi connectivity index (χ1v) is 10.9. The quantitative estimate of drug-likeness (QED) is 0.194. The lowest BCUT2D eigenvalue weighted by molar-refractivity contribution is -0.308. The van der Waals surface area contributed by atoms with Crippen LogP contribution in [0.15, 0.2) is 51.7 Å². The molecule has 2 aromatic carbocycles. The topological polar surface area (TPSA) is 196 Å². The molecule has 0 spiro atoms. The summed E-state index contributed by atoms with van der Waals surface area (Å²) in [6.45, 7) is 0.602. The van der Waals surface area contributed by atoms with Gasteiger partial charge in [-0.1, -0.05) is 0 Å². The molecule has 1 aromatic heterocycles. The minimum absolute atomic E-state index is 0.0220. The second-order valence-corrected chi connectivity index (χ2v) is 8.23. The number of esters is 1. The highest BCUT2D eigenvalue weighted by Gasteiger charge is 2.45. The van der Waals surface area contributed by atoms with Gasteiger partial charge in [0.05, 0.1) is 6.61 Å². The summed E-state index contributed by atoms with van der Waals surface area (Å²) >= 11 is 0. The maximum absolute atomic E-state index is 12.6. The lowest BCUT2D eigenvalue weighted by atomic mass is 9.99. The summed E-state index contributed by atoms with van der Waals surface area (Å²) in [5.41, 5.74) is -0.139. The third-order valence-corrected chi connectivity index (χ3v) is 5.67. The van der Waals surface area contributed by atoms with Crippen LogP contribution >= 0.6 is 0 Å². The van der Waals surface area contributed by atoms with E-state index in [4.69, 9.17) is 18.6 Å². The molecular weight excluding hydrogens is 480 g/mol. The fourth-order valence-corrected chi connectivity index (χ4v) is 3.71. The van der Waals surface area contributed by atoms with Crippen molar-refractivity contribution in [2.75, 3.05) is 6.61 Å². The van der Waals surface area contributed by atoms with Gasteiger partial charge in [-0.25, -0.2) is 4.79 Å². The van der Waals surface area contributed by atoms with E-state index in [1.807, 2.05) is 0 Å². The molecule has 3 aromatic rings. The van der Waals surface area contributed by atoms with Gasteiger partial charge in [0.1, 0.15) is 58.4 Å². The first kappa shape index (κ1) is 25.6. The highest BCUT2D eigenvalue weighted by Crippen LogP contribution is 2.32. The molecule has 1 aliphatic heterocycles. The number of carbonyl (C=O) groups excluding carboxylic acids is 1.